The van der Waals surface area contributed by atoms with E-state index >= 15 is 0 Å². The van der Waals surface area contributed by atoms with Crippen molar-refractivity contribution in [3.63, 3.8) is 0 Å². The molecular weight excluding hydrogens is 506 g/mol. The zero-order valence-corrected chi connectivity index (χ0v) is 21.8. The van der Waals surface area contributed by atoms with E-state index in [0.717, 1.165) is 10.5 Å². The Kier molecular flexibility index (Phi) is 8.29. The van der Waals surface area contributed by atoms with E-state index in [2.05, 4.69) is 4.79 Å². The summed E-state index contributed by atoms with van der Waals surface area (Å²) >= 11 is 0. The van der Waals surface area contributed by atoms with E-state index in [0.29, 0.717) is 0 Å². The lowest BCUT2D eigenvalue weighted by atomic mass is 9.91. The summed E-state index contributed by atoms with van der Waals surface area (Å²) in [7, 11) is -2.06. The van der Waals surface area contributed by atoms with Crippen LogP contribution in [0.25, 0.3) is 5.53 Å². The molecule has 1 amide bonds. The lowest BCUT2D eigenvalue weighted by molar-refractivity contribution is -0.175. The molecule has 2 aliphatic heterocycles. The third-order valence-corrected chi connectivity index (χ3v) is 7.39. The maximum Gasteiger partial charge on any atom is 0.508 e. The molecule has 1 saturated heterocycles. The molecule has 2 heterocycles. The minimum atomic E-state index is -2.06. The molecule has 3 rings (SSSR count). The second kappa shape index (κ2) is 11.1. The fourth-order valence-electron chi connectivity index (χ4n) is 3.70. The number of carbonyl (C=O) groups is 4. The third kappa shape index (κ3) is 5.78. The number of hydrogen-bond donors (Lipinski definition) is 0. The minimum absolute atomic E-state index is 0.0492. The first kappa shape index (κ1) is 27.8. The highest BCUT2D eigenvalue weighted by Gasteiger charge is 2.62. The predicted molar refractivity (Wildman–Crippen MR) is 127 cm³/mol. The second-order valence-electron chi connectivity index (χ2n) is 9.38. The van der Waals surface area contributed by atoms with Crippen LogP contribution in [0.15, 0.2) is 41.6 Å². The van der Waals surface area contributed by atoms with Crippen molar-refractivity contribution in [1.82, 2.24) is 4.90 Å². The molecule has 198 valence electrons. The monoisotopic (exact) mass is 533 g/mol. The fraction of sp³-hybridized carbons (Fsp3) is 0.458. The summed E-state index contributed by atoms with van der Waals surface area (Å²) in [6.07, 6.45) is -2.11. The number of carbonyl (C=O) groups excluding carboxylic acids is 4. The van der Waals surface area contributed by atoms with Gasteiger partial charge in [-0.1, -0.05) is 30.3 Å². The van der Waals surface area contributed by atoms with Crippen LogP contribution in [0.5, 0.6) is 0 Å². The summed E-state index contributed by atoms with van der Waals surface area (Å²) in [5, 5.41) is -1.50. The molecule has 1 aromatic rings. The molecule has 1 fully saturated rings. The van der Waals surface area contributed by atoms with Crippen molar-refractivity contribution < 1.29 is 47.1 Å². The van der Waals surface area contributed by atoms with Gasteiger partial charge in [0.25, 0.3) is 0 Å². The average molecular weight is 534 g/mol. The molecule has 1 aromatic carbocycles. The first-order valence-electron chi connectivity index (χ1n) is 11.3. The van der Waals surface area contributed by atoms with Crippen LogP contribution in [0.3, 0.4) is 0 Å². The molecule has 0 bridgehead atoms. The van der Waals surface area contributed by atoms with Crippen LogP contribution in [0, 0.1) is 11.3 Å². The van der Waals surface area contributed by atoms with Crippen LogP contribution in [0.2, 0.25) is 0 Å². The molecule has 12 nitrogen and oxygen atoms in total. The Labute approximate surface area is 215 Å². The lowest BCUT2D eigenvalue weighted by Gasteiger charge is -2.48. The number of β-lactam (4-membered cyclic amide) rings is 1. The van der Waals surface area contributed by atoms with Gasteiger partial charge in [0.05, 0.1) is 11.0 Å². The van der Waals surface area contributed by atoms with Crippen LogP contribution >= 0.6 is 0 Å². The van der Waals surface area contributed by atoms with Gasteiger partial charge in [0.15, 0.2) is 10.8 Å². The normalized spacial score (nSPS) is 21.8. The SMILES string of the molecule is CC1=C(C(=O)OCOC(=O)C(C)(C)C)N2C(=O)[C@H](C(C)OC(=O)OCc3ccccc3)[C@@H]2[S@@](=O)C1=[N+]=[N-]. The number of hydrogen-bond acceptors (Lipinski definition) is 9. The van der Waals surface area contributed by atoms with E-state index in [1.54, 1.807) is 45.0 Å². The number of fused-ring (bicyclic) bond motifs is 1. The third-order valence-electron chi connectivity index (χ3n) is 5.68. The maximum atomic E-state index is 13.1. The molecule has 1 unspecified atom stereocenters. The van der Waals surface area contributed by atoms with Gasteiger partial charge >= 0.3 is 23.1 Å². The number of benzene rings is 1. The van der Waals surface area contributed by atoms with Crippen molar-refractivity contribution in [3.05, 3.63) is 52.7 Å². The number of ether oxygens (including phenoxy) is 4. The summed E-state index contributed by atoms with van der Waals surface area (Å²) in [6, 6.07) is 8.87. The standard InChI is InChI=1S/C24H27N3O9S/c1-13-17(21(29)34-12-35-22(30)24(3,4)5)27-19(28)16(20(27)37(32)18(13)26-25)14(2)36-23(31)33-11-15-9-7-6-8-10-15/h6-10,14,16,20H,11-12H2,1-5H3/t14?,16-,20-,37-/m0/s1. The van der Waals surface area contributed by atoms with Crippen LogP contribution in [-0.2, 0) is 50.7 Å². The van der Waals surface area contributed by atoms with Crippen LogP contribution in [0.4, 0.5) is 4.79 Å². The lowest BCUT2D eigenvalue weighted by Crippen LogP contribution is -2.69. The smallest absolute Gasteiger partial charge is 0.430 e. The van der Waals surface area contributed by atoms with Crippen molar-refractivity contribution in [2.75, 3.05) is 6.79 Å². The molecule has 2 aliphatic rings. The van der Waals surface area contributed by atoms with Crippen molar-refractivity contribution in [3.8, 4) is 0 Å². The van der Waals surface area contributed by atoms with Crippen LogP contribution in [-0.4, -0.2) is 61.2 Å². The van der Waals surface area contributed by atoms with E-state index in [9.17, 15) is 28.9 Å². The zero-order chi connectivity index (χ0) is 27.5. The molecule has 0 saturated carbocycles. The summed E-state index contributed by atoms with van der Waals surface area (Å²) in [6.45, 7) is 6.85. The number of nitrogens with zero attached hydrogens (tertiary/aromatic N) is 3. The molecule has 0 aliphatic carbocycles. The Morgan fingerprint density at radius 2 is 1.78 bits per heavy atom. The van der Waals surface area contributed by atoms with Gasteiger partial charge in [0.2, 0.25) is 12.7 Å². The van der Waals surface area contributed by atoms with Gasteiger partial charge < -0.3 is 24.5 Å². The topological polar surface area (TPSA) is 162 Å². The molecule has 0 aromatic heterocycles. The number of esters is 2. The molecule has 4 atom stereocenters. The Morgan fingerprint density at radius 1 is 1.14 bits per heavy atom. The van der Waals surface area contributed by atoms with Gasteiger partial charge in [0, 0.05) is 0 Å². The quantitative estimate of drug-likeness (QED) is 0.168. The molecule has 0 radical (unpaired) electrons. The van der Waals surface area contributed by atoms with E-state index in [4.69, 9.17) is 18.9 Å². The Morgan fingerprint density at radius 3 is 2.38 bits per heavy atom. The number of amides is 1. The summed E-state index contributed by atoms with van der Waals surface area (Å²) in [5.41, 5.74) is 8.98. The van der Waals surface area contributed by atoms with Crippen LogP contribution < -0.4 is 0 Å². The minimum Gasteiger partial charge on any atom is -0.430 e. The molecule has 0 N–H and O–H groups in total. The number of rotatable bonds is 7. The highest BCUT2D eigenvalue weighted by Crippen LogP contribution is 2.41. The fourth-order valence-corrected chi connectivity index (χ4v) is 5.41. The van der Waals surface area contributed by atoms with Gasteiger partial charge in [-0.05, 0) is 40.2 Å². The molecule has 37 heavy (non-hydrogen) atoms. The molecule has 13 heteroatoms. The summed E-state index contributed by atoms with van der Waals surface area (Å²) < 4.78 is 33.3. The first-order chi connectivity index (χ1) is 17.4. The van der Waals surface area contributed by atoms with Crippen molar-refractivity contribution in [2.24, 2.45) is 11.3 Å². The van der Waals surface area contributed by atoms with Crippen LogP contribution in [0.1, 0.15) is 40.2 Å². The van der Waals surface area contributed by atoms with Crippen molar-refractivity contribution in [1.29, 1.82) is 0 Å². The highest BCUT2D eigenvalue weighted by molar-refractivity contribution is 8.01. The van der Waals surface area contributed by atoms with E-state index < -0.39 is 64.4 Å². The first-order valence-corrected chi connectivity index (χ1v) is 12.5. The van der Waals surface area contributed by atoms with Crippen molar-refractivity contribution in [2.45, 2.75) is 52.7 Å². The van der Waals surface area contributed by atoms with E-state index in [1.807, 2.05) is 6.07 Å². The Hall–Kier alpha value is -3.83. The van der Waals surface area contributed by atoms with Gasteiger partial charge in [-0.3, -0.25) is 14.5 Å². The largest absolute Gasteiger partial charge is 0.508 e. The maximum absolute atomic E-state index is 13.1. The Bertz CT molecular complexity index is 1220. The predicted octanol–water partition coefficient (Wildman–Crippen LogP) is 2.27. The van der Waals surface area contributed by atoms with Gasteiger partial charge in [0.1, 0.15) is 29.7 Å². The summed E-state index contributed by atoms with van der Waals surface area (Å²) in [5.74, 6) is -3.44. The average Bonchev–Trinajstić information content (AvgIpc) is 2.83. The highest BCUT2D eigenvalue weighted by atomic mass is 32.2. The second-order valence-corrected chi connectivity index (χ2v) is 10.8. The van der Waals surface area contributed by atoms with Gasteiger partial charge in [-0.25, -0.2) is 13.8 Å². The van der Waals surface area contributed by atoms with Gasteiger partial charge in [-0.15, -0.1) is 0 Å². The zero-order valence-electron chi connectivity index (χ0n) is 21.0. The van der Waals surface area contributed by atoms with Crippen molar-refractivity contribution >= 4 is 39.8 Å². The summed E-state index contributed by atoms with van der Waals surface area (Å²) in [4.78, 5) is 53.9. The molecular formula is C24H27N3O9S. The Balaban J connectivity index is 1.71. The molecule has 0 spiro atoms. The van der Waals surface area contributed by atoms with E-state index in [-0.39, 0.29) is 22.9 Å². The van der Waals surface area contributed by atoms with E-state index in [1.165, 1.54) is 13.8 Å². The van der Waals surface area contributed by atoms with Gasteiger partial charge in [-0.2, -0.15) is 4.79 Å².